The van der Waals surface area contributed by atoms with Crippen molar-refractivity contribution in [3.63, 3.8) is 0 Å². The van der Waals surface area contributed by atoms with Gasteiger partial charge < -0.3 is 10.1 Å². The molecule has 3 rings (SSSR count). The van der Waals surface area contributed by atoms with E-state index in [-0.39, 0.29) is 5.91 Å². The van der Waals surface area contributed by atoms with Gasteiger partial charge in [0.2, 0.25) is 5.91 Å². The molecule has 0 bridgehead atoms. The van der Waals surface area contributed by atoms with Gasteiger partial charge in [0, 0.05) is 22.7 Å². The van der Waals surface area contributed by atoms with E-state index < -0.39 is 0 Å². The summed E-state index contributed by atoms with van der Waals surface area (Å²) in [5.41, 5.74) is 1.36. The summed E-state index contributed by atoms with van der Waals surface area (Å²) in [6, 6.07) is 5.04. The predicted octanol–water partition coefficient (Wildman–Crippen LogP) is 3.71. The van der Waals surface area contributed by atoms with Crippen molar-refractivity contribution in [1.82, 2.24) is 9.38 Å². The molecule has 0 atom stereocenters. The minimum absolute atomic E-state index is 0.272. The van der Waals surface area contributed by atoms with Crippen LogP contribution >= 0.6 is 22.9 Å². The van der Waals surface area contributed by atoms with Crippen LogP contribution < -0.4 is 10.1 Å². The van der Waals surface area contributed by atoms with Crippen LogP contribution in [0.25, 0.3) is 11.0 Å². The van der Waals surface area contributed by atoms with Crippen molar-refractivity contribution in [2.24, 2.45) is 0 Å². The molecular formula is C15H12ClN3O2S. The first-order chi connectivity index (χ1) is 10.7. The Labute approximate surface area is 135 Å². The molecule has 112 valence electrons. The van der Waals surface area contributed by atoms with Crippen LogP contribution in [0.3, 0.4) is 0 Å². The third kappa shape index (κ3) is 2.98. The fourth-order valence-electron chi connectivity index (χ4n) is 1.98. The lowest BCUT2D eigenvalue weighted by molar-refractivity contribution is -0.111. The molecule has 0 spiro atoms. The Morgan fingerprint density at radius 3 is 3.18 bits per heavy atom. The zero-order chi connectivity index (χ0) is 15.5. The van der Waals surface area contributed by atoms with Crippen LogP contribution in [-0.4, -0.2) is 22.4 Å². The van der Waals surface area contributed by atoms with Crippen molar-refractivity contribution < 1.29 is 9.53 Å². The number of thiazole rings is 1. The lowest BCUT2D eigenvalue weighted by Gasteiger charge is -2.08. The normalized spacial score (nSPS) is 11.2. The highest BCUT2D eigenvalue weighted by Gasteiger charge is 2.07. The summed E-state index contributed by atoms with van der Waals surface area (Å²) in [6.07, 6.45) is 6.78. The number of nitrogens with zero attached hydrogens (tertiary/aromatic N) is 2. The molecule has 0 aliphatic heterocycles. The summed E-state index contributed by atoms with van der Waals surface area (Å²) >= 11 is 7.47. The van der Waals surface area contributed by atoms with Gasteiger partial charge in [-0.25, -0.2) is 4.98 Å². The maximum Gasteiger partial charge on any atom is 0.248 e. The van der Waals surface area contributed by atoms with Gasteiger partial charge in [-0.3, -0.25) is 9.20 Å². The number of aromatic nitrogens is 2. The monoisotopic (exact) mass is 333 g/mol. The lowest BCUT2D eigenvalue weighted by Crippen LogP contribution is -2.09. The van der Waals surface area contributed by atoms with E-state index in [1.165, 1.54) is 24.5 Å². The number of halogens is 1. The van der Waals surface area contributed by atoms with Crippen molar-refractivity contribution in [2.75, 3.05) is 12.4 Å². The molecule has 0 saturated carbocycles. The number of ether oxygens (including phenoxy) is 1. The summed E-state index contributed by atoms with van der Waals surface area (Å²) in [5, 5.41) is 5.21. The molecule has 0 aliphatic rings. The summed E-state index contributed by atoms with van der Waals surface area (Å²) in [5.74, 6) is 0.279. The van der Waals surface area contributed by atoms with Crippen LogP contribution in [0.5, 0.6) is 5.75 Å². The lowest BCUT2D eigenvalue weighted by atomic mass is 10.3. The number of carbonyl (C=O) groups is 1. The number of nitrogens with one attached hydrogen (secondary N) is 1. The van der Waals surface area contributed by atoms with Gasteiger partial charge in [0.25, 0.3) is 0 Å². The standard InChI is InChI=1S/C15H12ClN3O2S/c1-21-13-4-2-10(16)8-12(13)18-14(20)5-3-11-9-17-15-19(11)6-7-22-15/h2-9H,1H3,(H,18,20)/b5-3+. The zero-order valence-electron chi connectivity index (χ0n) is 11.6. The van der Waals surface area contributed by atoms with Crippen molar-refractivity contribution in [2.45, 2.75) is 0 Å². The van der Waals surface area contributed by atoms with E-state index in [0.29, 0.717) is 16.5 Å². The second-order valence-electron chi connectivity index (χ2n) is 4.41. The van der Waals surface area contributed by atoms with E-state index >= 15 is 0 Å². The summed E-state index contributed by atoms with van der Waals surface area (Å²) < 4.78 is 7.10. The number of hydrogen-bond acceptors (Lipinski definition) is 4. The zero-order valence-corrected chi connectivity index (χ0v) is 13.2. The molecule has 2 aromatic heterocycles. The second kappa shape index (κ2) is 6.21. The molecule has 2 heterocycles. The number of hydrogen-bond donors (Lipinski definition) is 1. The fourth-order valence-corrected chi connectivity index (χ4v) is 2.85. The molecule has 1 amide bonds. The first-order valence-corrected chi connectivity index (χ1v) is 7.66. The Morgan fingerprint density at radius 2 is 2.36 bits per heavy atom. The van der Waals surface area contributed by atoms with E-state index in [1.807, 2.05) is 16.0 Å². The molecule has 0 saturated heterocycles. The van der Waals surface area contributed by atoms with E-state index in [0.717, 1.165) is 10.7 Å². The van der Waals surface area contributed by atoms with Crippen LogP contribution in [0.4, 0.5) is 5.69 Å². The van der Waals surface area contributed by atoms with Crippen LogP contribution in [0, 0.1) is 0 Å². The van der Waals surface area contributed by atoms with Crippen LogP contribution in [0.2, 0.25) is 5.02 Å². The molecule has 0 fully saturated rings. The highest BCUT2D eigenvalue weighted by Crippen LogP contribution is 2.27. The third-order valence-electron chi connectivity index (χ3n) is 3.00. The molecule has 1 N–H and O–H groups in total. The fraction of sp³-hybridized carbons (Fsp3) is 0.0667. The molecule has 1 aromatic carbocycles. The Hall–Kier alpha value is -2.31. The highest BCUT2D eigenvalue weighted by molar-refractivity contribution is 7.15. The smallest absolute Gasteiger partial charge is 0.248 e. The van der Waals surface area contributed by atoms with Gasteiger partial charge >= 0.3 is 0 Å². The maximum atomic E-state index is 12.0. The average molecular weight is 334 g/mol. The van der Waals surface area contributed by atoms with E-state index in [1.54, 1.807) is 30.5 Å². The van der Waals surface area contributed by atoms with Gasteiger partial charge in [0.05, 0.1) is 24.7 Å². The minimum atomic E-state index is -0.272. The maximum absolute atomic E-state index is 12.0. The average Bonchev–Trinajstić information content (AvgIpc) is 3.09. The van der Waals surface area contributed by atoms with Crippen molar-refractivity contribution in [3.05, 3.63) is 52.8 Å². The Bertz CT molecular complexity index is 853. The van der Waals surface area contributed by atoms with Gasteiger partial charge in [-0.15, -0.1) is 11.3 Å². The SMILES string of the molecule is COc1ccc(Cl)cc1NC(=O)/C=C/c1cnc2sccn12. The van der Waals surface area contributed by atoms with Crippen molar-refractivity contribution >= 4 is 45.6 Å². The van der Waals surface area contributed by atoms with Crippen molar-refractivity contribution in [1.29, 1.82) is 0 Å². The van der Waals surface area contributed by atoms with Gasteiger partial charge in [-0.1, -0.05) is 11.6 Å². The molecule has 22 heavy (non-hydrogen) atoms. The quantitative estimate of drug-likeness (QED) is 0.740. The summed E-state index contributed by atoms with van der Waals surface area (Å²) in [4.78, 5) is 17.2. The summed E-state index contributed by atoms with van der Waals surface area (Å²) in [6.45, 7) is 0. The molecule has 5 nitrogen and oxygen atoms in total. The number of rotatable bonds is 4. The number of amides is 1. The van der Waals surface area contributed by atoms with Crippen LogP contribution in [-0.2, 0) is 4.79 Å². The second-order valence-corrected chi connectivity index (χ2v) is 5.72. The number of imidazole rings is 1. The number of benzene rings is 1. The first-order valence-electron chi connectivity index (χ1n) is 6.40. The largest absolute Gasteiger partial charge is 0.495 e. The summed E-state index contributed by atoms with van der Waals surface area (Å²) in [7, 11) is 1.54. The molecule has 7 heteroatoms. The molecule has 0 radical (unpaired) electrons. The van der Waals surface area contributed by atoms with Gasteiger partial charge in [-0.2, -0.15) is 0 Å². The molecule has 0 aliphatic carbocycles. The Balaban J connectivity index is 1.77. The van der Waals surface area contributed by atoms with Gasteiger partial charge in [-0.05, 0) is 24.3 Å². The molecule has 3 aromatic rings. The predicted molar refractivity (Wildman–Crippen MR) is 88.7 cm³/mol. The first kappa shape index (κ1) is 14.6. The number of fused-ring (bicyclic) bond motifs is 1. The number of methoxy groups -OCH3 is 1. The van der Waals surface area contributed by atoms with Gasteiger partial charge in [0.15, 0.2) is 4.96 Å². The van der Waals surface area contributed by atoms with Gasteiger partial charge in [0.1, 0.15) is 5.75 Å². The van der Waals surface area contributed by atoms with E-state index in [9.17, 15) is 4.79 Å². The molecular weight excluding hydrogens is 322 g/mol. The number of carbonyl (C=O) groups excluding carboxylic acids is 1. The highest BCUT2D eigenvalue weighted by atomic mass is 35.5. The Morgan fingerprint density at radius 1 is 1.50 bits per heavy atom. The topological polar surface area (TPSA) is 55.6 Å². The van der Waals surface area contributed by atoms with Crippen LogP contribution in [0.1, 0.15) is 5.69 Å². The van der Waals surface area contributed by atoms with E-state index in [2.05, 4.69) is 10.3 Å². The number of anilines is 1. The Kier molecular flexibility index (Phi) is 4.13. The van der Waals surface area contributed by atoms with Crippen LogP contribution in [0.15, 0.2) is 42.0 Å². The van der Waals surface area contributed by atoms with E-state index in [4.69, 9.17) is 16.3 Å². The minimum Gasteiger partial charge on any atom is -0.495 e. The third-order valence-corrected chi connectivity index (χ3v) is 4.01. The molecule has 0 unspecified atom stereocenters. The van der Waals surface area contributed by atoms with Crippen molar-refractivity contribution in [3.8, 4) is 5.75 Å².